The molecule has 1 aromatic rings. The van der Waals surface area contributed by atoms with E-state index in [1.807, 2.05) is 12.1 Å². The number of hydrogen-bond donors (Lipinski definition) is 0. The van der Waals surface area contributed by atoms with Crippen LogP contribution >= 0.6 is 0 Å². The molecule has 2 rings (SSSR count). The summed E-state index contributed by atoms with van der Waals surface area (Å²) >= 11 is 0. The second-order valence-corrected chi connectivity index (χ2v) is 6.13. The Kier molecular flexibility index (Phi) is 5.52. The maximum absolute atomic E-state index is 11.5. The molecule has 0 aromatic heterocycles. The van der Waals surface area contributed by atoms with Crippen molar-refractivity contribution in [3.8, 4) is 6.07 Å². The number of benzene rings is 1. The van der Waals surface area contributed by atoms with Gasteiger partial charge in [0.1, 0.15) is 5.78 Å². The Labute approximate surface area is 127 Å². The fourth-order valence-corrected chi connectivity index (χ4v) is 3.17. The molecule has 3 nitrogen and oxygen atoms in total. The predicted molar refractivity (Wildman–Crippen MR) is 83.9 cm³/mol. The highest BCUT2D eigenvalue weighted by molar-refractivity contribution is 5.76. The maximum Gasteiger partial charge on any atom is 0.131 e. The van der Waals surface area contributed by atoms with E-state index in [2.05, 4.69) is 24.0 Å². The van der Waals surface area contributed by atoms with Crippen molar-refractivity contribution in [3.05, 3.63) is 34.9 Å². The molecular formula is C18H24N2O. The van der Waals surface area contributed by atoms with Crippen molar-refractivity contribution in [1.29, 1.82) is 5.26 Å². The Bertz CT molecular complexity index is 545. The fraction of sp³-hybridized carbons (Fsp3) is 0.556. The first-order valence-electron chi connectivity index (χ1n) is 7.83. The summed E-state index contributed by atoms with van der Waals surface area (Å²) in [6, 6.07) is 8.46. The van der Waals surface area contributed by atoms with E-state index in [0.717, 1.165) is 19.5 Å². The Morgan fingerprint density at radius 1 is 1.38 bits per heavy atom. The van der Waals surface area contributed by atoms with Gasteiger partial charge in [0.05, 0.1) is 11.6 Å². The van der Waals surface area contributed by atoms with Crippen molar-refractivity contribution >= 4 is 5.78 Å². The summed E-state index contributed by atoms with van der Waals surface area (Å²) in [5.41, 5.74) is 3.15. The van der Waals surface area contributed by atoms with E-state index in [-0.39, 0.29) is 5.78 Å². The Morgan fingerprint density at radius 3 is 2.86 bits per heavy atom. The highest BCUT2D eigenvalue weighted by Gasteiger charge is 2.22. The van der Waals surface area contributed by atoms with Gasteiger partial charge in [-0.25, -0.2) is 0 Å². The quantitative estimate of drug-likeness (QED) is 0.848. The van der Waals surface area contributed by atoms with Gasteiger partial charge in [-0.2, -0.15) is 5.26 Å². The molecule has 112 valence electrons. The SMILES string of the molecule is CC(=O)CC1CCCCCN1Cc1ccc(C#N)cc1C. The van der Waals surface area contributed by atoms with Gasteiger partial charge in [-0.1, -0.05) is 18.9 Å². The zero-order chi connectivity index (χ0) is 15.2. The van der Waals surface area contributed by atoms with E-state index in [4.69, 9.17) is 5.26 Å². The normalized spacial score (nSPS) is 19.8. The number of Topliss-reactive ketones (excluding diaryl/α,β-unsaturated/α-hetero) is 1. The summed E-state index contributed by atoms with van der Waals surface area (Å²) in [6.07, 6.45) is 5.48. The molecule has 1 saturated heterocycles. The van der Waals surface area contributed by atoms with E-state index in [9.17, 15) is 4.79 Å². The number of carbonyl (C=O) groups is 1. The summed E-state index contributed by atoms with van der Waals surface area (Å²) in [6.45, 7) is 5.71. The molecule has 0 N–H and O–H groups in total. The molecule has 1 heterocycles. The Balaban J connectivity index is 2.14. The number of ketones is 1. The molecule has 3 heteroatoms. The van der Waals surface area contributed by atoms with Gasteiger partial charge in [-0.15, -0.1) is 0 Å². The van der Waals surface area contributed by atoms with Gasteiger partial charge in [-0.3, -0.25) is 9.69 Å². The van der Waals surface area contributed by atoms with Gasteiger partial charge in [-0.05, 0) is 56.5 Å². The summed E-state index contributed by atoms with van der Waals surface area (Å²) < 4.78 is 0. The molecule has 1 fully saturated rings. The van der Waals surface area contributed by atoms with Gasteiger partial charge in [0.2, 0.25) is 0 Å². The van der Waals surface area contributed by atoms with Gasteiger partial charge >= 0.3 is 0 Å². The van der Waals surface area contributed by atoms with Gasteiger partial charge in [0.25, 0.3) is 0 Å². The van der Waals surface area contributed by atoms with Gasteiger partial charge in [0.15, 0.2) is 0 Å². The second-order valence-electron chi connectivity index (χ2n) is 6.13. The summed E-state index contributed by atoms with van der Waals surface area (Å²) in [5, 5.41) is 8.95. The van der Waals surface area contributed by atoms with Crippen LogP contribution in [0, 0.1) is 18.3 Å². The van der Waals surface area contributed by atoms with E-state index in [1.54, 1.807) is 6.92 Å². The van der Waals surface area contributed by atoms with Crippen LogP contribution < -0.4 is 0 Å². The van der Waals surface area contributed by atoms with Gasteiger partial charge < -0.3 is 0 Å². The third-order valence-electron chi connectivity index (χ3n) is 4.37. The summed E-state index contributed by atoms with van der Waals surface area (Å²) in [4.78, 5) is 14.0. The van der Waals surface area contributed by atoms with Crippen LogP contribution in [0.15, 0.2) is 18.2 Å². The smallest absolute Gasteiger partial charge is 0.131 e. The molecule has 0 radical (unpaired) electrons. The van der Waals surface area contributed by atoms with Crippen molar-refractivity contribution in [2.45, 2.75) is 58.5 Å². The number of rotatable bonds is 4. The number of nitrogens with zero attached hydrogens (tertiary/aromatic N) is 2. The lowest BCUT2D eigenvalue weighted by Gasteiger charge is -2.30. The number of carbonyl (C=O) groups excluding carboxylic acids is 1. The third kappa shape index (κ3) is 4.41. The first-order chi connectivity index (χ1) is 10.1. The number of likely N-dealkylation sites (tertiary alicyclic amines) is 1. The average Bonchev–Trinajstić information content (AvgIpc) is 2.66. The summed E-state index contributed by atoms with van der Waals surface area (Å²) in [5.74, 6) is 0.281. The molecule has 21 heavy (non-hydrogen) atoms. The molecule has 1 atom stereocenters. The molecule has 1 aliphatic rings. The van der Waals surface area contributed by atoms with Crippen LogP contribution in [0.5, 0.6) is 0 Å². The van der Waals surface area contributed by atoms with Crippen LogP contribution in [0.25, 0.3) is 0 Å². The van der Waals surface area contributed by atoms with E-state index in [0.29, 0.717) is 18.0 Å². The minimum atomic E-state index is 0.281. The highest BCUT2D eigenvalue weighted by atomic mass is 16.1. The zero-order valence-corrected chi connectivity index (χ0v) is 13.1. The standard InChI is InChI=1S/C18H24N2O/c1-14-10-16(12-19)7-8-17(14)13-20-9-5-3-4-6-18(20)11-15(2)21/h7-8,10,18H,3-6,9,11,13H2,1-2H3. The van der Waals surface area contributed by atoms with Crippen molar-refractivity contribution in [2.75, 3.05) is 6.54 Å². The monoisotopic (exact) mass is 284 g/mol. The predicted octanol–water partition coefficient (Wildman–Crippen LogP) is 3.59. The fourth-order valence-electron chi connectivity index (χ4n) is 3.17. The van der Waals surface area contributed by atoms with Crippen LogP contribution in [0.3, 0.4) is 0 Å². The van der Waals surface area contributed by atoms with Crippen molar-refractivity contribution < 1.29 is 4.79 Å². The minimum Gasteiger partial charge on any atom is -0.300 e. The van der Waals surface area contributed by atoms with E-state index in [1.165, 1.54) is 30.4 Å². The van der Waals surface area contributed by atoms with Crippen molar-refractivity contribution in [1.82, 2.24) is 4.90 Å². The number of hydrogen-bond acceptors (Lipinski definition) is 3. The second kappa shape index (κ2) is 7.38. The van der Waals surface area contributed by atoms with Crippen molar-refractivity contribution in [3.63, 3.8) is 0 Å². The molecule has 1 unspecified atom stereocenters. The van der Waals surface area contributed by atoms with Crippen molar-refractivity contribution in [2.24, 2.45) is 0 Å². The third-order valence-corrected chi connectivity index (χ3v) is 4.37. The van der Waals surface area contributed by atoms with E-state index < -0.39 is 0 Å². The first-order valence-corrected chi connectivity index (χ1v) is 7.83. The largest absolute Gasteiger partial charge is 0.300 e. The van der Waals surface area contributed by atoms with Crippen LogP contribution in [0.4, 0.5) is 0 Å². The van der Waals surface area contributed by atoms with Crippen LogP contribution in [0.2, 0.25) is 0 Å². The number of aryl methyl sites for hydroxylation is 1. The molecule has 0 bridgehead atoms. The Morgan fingerprint density at radius 2 is 2.19 bits per heavy atom. The topological polar surface area (TPSA) is 44.1 Å². The first kappa shape index (κ1) is 15.7. The molecule has 0 spiro atoms. The zero-order valence-electron chi connectivity index (χ0n) is 13.1. The molecule has 0 amide bonds. The Hall–Kier alpha value is -1.66. The molecule has 0 aliphatic carbocycles. The summed E-state index contributed by atoms with van der Waals surface area (Å²) in [7, 11) is 0. The highest BCUT2D eigenvalue weighted by Crippen LogP contribution is 2.23. The van der Waals surface area contributed by atoms with E-state index >= 15 is 0 Å². The molecule has 1 aliphatic heterocycles. The van der Waals surface area contributed by atoms with Crippen LogP contribution in [-0.2, 0) is 11.3 Å². The average molecular weight is 284 g/mol. The molecule has 0 saturated carbocycles. The van der Waals surface area contributed by atoms with Gasteiger partial charge in [0, 0.05) is 19.0 Å². The lowest BCUT2D eigenvalue weighted by molar-refractivity contribution is -0.118. The van der Waals surface area contributed by atoms with Crippen LogP contribution in [-0.4, -0.2) is 23.3 Å². The molecular weight excluding hydrogens is 260 g/mol. The molecule has 1 aromatic carbocycles. The number of nitriles is 1. The van der Waals surface area contributed by atoms with Crippen LogP contribution in [0.1, 0.15) is 55.7 Å². The maximum atomic E-state index is 11.5. The lowest BCUT2D eigenvalue weighted by atomic mass is 10.0. The lowest BCUT2D eigenvalue weighted by Crippen LogP contribution is -2.35. The minimum absolute atomic E-state index is 0.281.